The highest BCUT2D eigenvalue weighted by molar-refractivity contribution is 9.10. The smallest absolute Gasteiger partial charge is 0.133 e. The molecule has 1 aromatic carbocycles. The van der Waals surface area contributed by atoms with Crippen LogP contribution < -0.4 is 4.74 Å². The molecule has 1 aliphatic rings. The lowest BCUT2D eigenvalue weighted by atomic mass is 10.1. The van der Waals surface area contributed by atoms with Crippen molar-refractivity contribution in [2.75, 3.05) is 14.2 Å². The molecule has 0 heterocycles. The van der Waals surface area contributed by atoms with E-state index in [4.69, 9.17) is 9.47 Å². The summed E-state index contributed by atoms with van der Waals surface area (Å²) in [5, 5.41) is 0. The molecule has 0 spiro atoms. The van der Waals surface area contributed by atoms with Gasteiger partial charge in [-0.2, -0.15) is 0 Å². The van der Waals surface area contributed by atoms with Crippen LogP contribution in [0.2, 0.25) is 0 Å². The average molecular weight is 271 g/mol. The number of hydrogen-bond acceptors (Lipinski definition) is 2. The lowest BCUT2D eigenvalue weighted by molar-refractivity contribution is 0.0807. The molecule has 15 heavy (non-hydrogen) atoms. The summed E-state index contributed by atoms with van der Waals surface area (Å²) in [7, 11) is 3.48. The van der Waals surface area contributed by atoms with Crippen LogP contribution in [0.3, 0.4) is 0 Å². The quantitative estimate of drug-likeness (QED) is 0.837. The van der Waals surface area contributed by atoms with E-state index in [-0.39, 0.29) is 5.60 Å². The van der Waals surface area contributed by atoms with Gasteiger partial charge in [-0.1, -0.05) is 6.07 Å². The van der Waals surface area contributed by atoms with Crippen molar-refractivity contribution in [2.24, 2.45) is 0 Å². The lowest BCUT2D eigenvalue weighted by Crippen LogP contribution is -2.14. The van der Waals surface area contributed by atoms with Crippen molar-refractivity contribution in [1.29, 1.82) is 0 Å². The summed E-state index contributed by atoms with van der Waals surface area (Å²) in [5.41, 5.74) is 1.41. The molecule has 3 heteroatoms. The van der Waals surface area contributed by atoms with Gasteiger partial charge in [-0.15, -0.1) is 0 Å². The molecule has 0 saturated heterocycles. The van der Waals surface area contributed by atoms with Crippen LogP contribution in [0.4, 0.5) is 0 Å². The van der Waals surface area contributed by atoms with E-state index < -0.39 is 0 Å². The van der Waals surface area contributed by atoms with Crippen LogP contribution in [-0.4, -0.2) is 19.8 Å². The fraction of sp³-hybridized carbons (Fsp3) is 0.500. The minimum absolute atomic E-state index is 0.119. The van der Waals surface area contributed by atoms with Crippen molar-refractivity contribution in [3.05, 3.63) is 28.2 Å². The maximum atomic E-state index is 5.50. The molecule has 1 fully saturated rings. The fourth-order valence-corrected chi connectivity index (χ4v) is 2.37. The number of methoxy groups -OCH3 is 2. The predicted molar refractivity (Wildman–Crippen MR) is 63.4 cm³/mol. The second kappa shape index (κ2) is 4.14. The van der Waals surface area contributed by atoms with Crippen molar-refractivity contribution in [2.45, 2.75) is 24.9 Å². The Bertz CT molecular complexity index is 359. The molecule has 82 valence electrons. The topological polar surface area (TPSA) is 18.5 Å². The van der Waals surface area contributed by atoms with Crippen LogP contribution in [0.15, 0.2) is 22.7 Å². The van der Waals surface area contributed by atoms with E-state index in [0.29, 0.717) is 0 Å². The van der Waals surface area contributed by atoms with Crippen LogP contribution in [0.1, 0.15) is 18.4 Å². The average Bonchev–Trinajstić information content (AvgIpc) is 2.99. The number of benzene rings is 1. The summed E-state index contributed by atoms with van der Waals surface area (Å²) in [6, 6.07) is 6.20. The molecule has 1 aliphatic carbocycles. The van der Waals surface area contributed by atoms with E-state index in [1.54, 1.807) is 14.2 Å². The van der Waals surface area contributed by atoms with Gasteiger partial charge in [-0.05, 0) is 46.5 Å². The molecule has 0 aromatic heterocycles. The Morgan fingerprint density at radius 3 is 2.53 bits per heavy atom. The molecule has 0 amide bonds. The van der Waals surface area contributed by atoms with Gasteiger partial charge >= 0.3 is 0 Å². The second-order valence-electron chi connectivity index (χ2n) is 4.03. The Morgan fingerprint density at radius 1 is 1.33 bits per heavy atom. The van der Waals surface area contributed by atoms with Crippen LogP contribution in [0, 0.1) is 0 Å². The first-order valence-electron chi connectivity index (χ1n) is 5.07. The van der Waals surface area contributed by atoms with Crippen molar-refractivity contribution in [1.82, 2.24) is 0 Å². The van der Waals surface area contributed by atoms with E-state index in [9.17, 15) is 0 Å². The largest absolute Gasteiger partial charge is 0.496 e. The fourth-order valence-electron chi connectivity index (χ4n) is 1.78. The summed E-state index contributed by atoms with van der Waals surface area (Å²) < 4.78 is 11.7. The Kier molecular flexibility index (Phi) is 3.03. The number of hydrogen-bond donors (Lipinski definition) is 0. The molecule has 1 aromatic rings. The second-order valence-corrected chi connectivity index (χ2v) is 4.89. The highest BCUT2D eigenvalue weighted by atomic mass is 79.9. The van der Waals surface area contributed by atoms with Crippen LogP contribution in [-0.2, 0) is 11.2 Å². The number of rotatable bonds is 4. The van der Waals surface area contributed by atoms with Gasteiger partial charge in [-0.3, -0.25) is 0 Å². The molecule has 0 N–H and O–H groups in total. The van der Waals surface area contributed by atoms with Gasteiger partial charge in [0.25, 0.3) is 0 Å². The van der Waals surface area contributed by atoms with E-state index in [1.807, 2.05) is 6.07 Å². The van der Waals surface area contributed by atoms with Gasteiger partial charge in [0, 0.05) is 13.5 Å². The molecular formula is C12H15BrO2. The van der Waals surface area contributed by atoms with Crippen molar-refractivity contribution in [3.8, 4) is 5.75 Å². The highest BCUT2D eigenvalue weighted by Gasteiger charge is 2.42. The summed E-state index contributed by atoms with van der Waals surface area (Å²) in [6.07, 6.45) is 3.34. The first-order valence-corrected chi connectivity index (χ1v) is 5.86. The van der Waals surface area contributed by atoms with E-state index >= 15 is 0 Å². The maximum absolute atomic E-state index is 5.50. The zero-order valence-electron chi connectivity index (χ0n) is 9.05. The van der Waals surface area contributed by atoms with Crippen LogP contribution >= 0.6 is 15.9 Å². The molecule has 0 bridgehead atoms. The zero-order valence-corrected chi connectivity index (χ0v) is 10.6. The molecule has 2 rings (SSSR count). The number of ether oxygens (including phenoxy) is 2. The third kappa shape index (κ3) is 2.34. The Labute approximate surface area is 98.7 Å². The first-order chi connectivity index (χ1) is 7.19. The predicted octanol–water partition coefficient (Wildman–Crippen LogP) is 3.18. The minimum Gasteiger partial charge on any atom is -0.496 e. The molecular weight excluding hydrogens is 256 g/mol. The summed E-state index contributed by atoms with van der Waals surface area (Å²) in [5.74, 6) is 0.876. The van der Waals surface area contributed by atoms with Crippen molar-refractivity contribution >= 4 is 15.9 Å². The van der Waals surface area contributed by atoms with Crippen molar-refractivity contribution in [3.63, 3.8) is 0 Å². The zero-order chi connectivity index (χ0) is 10.9. The van der Waals surface area contributed by atoms with E-state index in [1.165, 1.54) is 18.4 Å². The molecule has 0 atom stereocenters. The maximum Gasteiger partial charge on any atom is 0.133 e. The monoisotopic (exact) mass is 270 g/mol. The van der Waals surface area contributed by atoms with Crippen LogP contribution in [0.25, 0.3) is 0 Å². The Hall–Kier alpha value is -0.540. The van der Waals surface area contributed by atoms with E-state index in [0.717, 1.165) is 16.6 Å². The molecule has 2 nitrogen and oxygen atoms in total. The lowest BCUT2D eigenvalue weighted by Gasteiger charge is -2.13. The van der Waals surface area contributed by atoms with Crippen LogP contribution in [0.5, 0.6) is 5.75 Å². The summed E-state index contributed by atoms with van der Waals surface area (Å²) in [4.78, 5) is 0. The summed E-state index contributed by atoms with van der Waals surface area (Å²) >= 11 is 3.49. The SMILES string of the molecule is COc1ccc(CC2(OC)CC2)cc1Br. The van der Waals surface area contributed by atoms with Gasteiger partial charge < -0.3 is 9.47 Å². The molecule has 0 aliphatic heterocycles. The van der Waals surface area contributed by atoms with Gasteiger partial charge in [0.15, 0.2) is 0 Å². The molecule has 0 radical (unpaired) electrons. The number of halogens is 1. The van der Waals surface area contributed by atoms with E-state index in [2.05, 4.69) is 28.1 Å². The molecule has 0 unspecified atom stereocenters. The minimum atomic E-state index is 0.119. The molecule has 1 saturated carbocycles. The Balaban J connectivity index is 2.13. The summed E-state index contributed by atoms with van der Waals surface area (Å²) in [6.45, 7) is 0. The highest BCUT2D eigenvalue weighted by Crippen LogP contribution is 2.42. The normalized spacial score (nSPS) is 17.5. The third-order valence-corrected chi connectivity index (χ3v) is 3.60. The standard InChI is InChI=1S/C12H15BrO2/c1-14-11-4-3-9(7-10(11)13)8-12(15-2)5-6-12/h3-4,7H,5-6,8H2,1-2H3. The first kappa shape index (κ1) is 11.0. The Morgan fingerprint density at radius 2 is 2.07 bits per heavy atom. The van der Waals surface area contributed by atoms with Gasteiger partial charge in [0.2, 0.25) is 0 Å². The third-order valence-electron chi connectivity index (χ3n) is 2.98. The van der Waals surface area contributed by atoms with Gasteiger partial charge in [0.05, 0.1) is 17.2 Å². The van der Waals surface area contributed by atoms with Gasteiger partial charge in [0.1, 0.15) is 5.75 Å². The van der Waals surface area contributed by atoms with Crippen molar-refractivity contribution < 1.29 is 9.47 Å². The van der Waals surface area contributed by atoms with Gasteiger partial charge in [-0.25, -0.2) is 0 Å².